The number of nitrogens with one attached hydrogen (secondary N) is 1. The Morgan fingerprint density at radius 1 is 1.33 bits per heavy atom. The van der Waals surface area contributed by atoms with Gasteiger partial charge < -0.3 is 5.32 Å². The van der Waals surface area contributed by atoms with Crippen LogP contribution >= 0.6 is 0 Å². The molecule has 1 N–H and O–H groups in total. The molecule has 1 saturated heterocycles. The largest absolute Gasteiger partial charge is 0.315 e. The minimum Gasteiger partial charge on any atom is -0.315 e. The maximum Gasteiger partial charge on any atom is 0.314 e. The standard InChI is InChI=1S/C11H16N2O2/c1-8-5-6-12-9(7-8)13-11(14-15-11)10(2,3)4/h5-7H,1-4H3,(H,12,13). The topological polar surface area (TPSA) is 50.0 Å². The predicted octanol–water partition coefficient (Wildman–Crippen LogP) is 2.46. The first kappa shape index (κ1) is 10.4. The van der Waals surface area contributed by atoms with Crippen molar-refractivity contribution in [3.63, 3.8) is 0 Å². The van der Waals surface area contributed by atoms with Crippen LogP contribution in [0, 0.1) is 12.3 Å². The van der Waals surface area contributed by atoms with Gasteiger partial charge in [0.05, 0.1) is 0 Å². The SMILES string of the molecule is Cc1ccnc(NC2(C(C)(C)C)OO2)c1. The van der Waals surface area contributed by atoms with E-state index in [9.17, 15) is 0 Å². The van der Waals surface area contributed by atoms with E-state index >= 15 is 0 Å². The van der Waals surface area contributed by atoms with Crippen molar-refractivity contribution in [1.29, 1.82) is 0 Å². The number of aromatic nitrogens is 1. The van der Waals surface area contributed by atoms with Crippen molar-refractivity contribution in [3.8, 4) is 0 Å². The van der Waals surface area contributed by atoms with E-state index in [4.69, 9.17) is 9.78 Å². The van der Waals surface area contributed by atoms with Gasteiger partial charge in [0.1, 0.15) is 5.82 Å². The van der Waals surface area contributed by atoms with E-state index in [0.717, 1.165) is 11.4 Å². The van der Waals surface area contributed by atoms with E-state index in [2.05, 4.69) is 10.3 Å². The Morgan fingerprint density at radius 2 is 2.00 bits per heavy atom. The fraction of sp³-hybridized carbons (Fsp3) is 0.545. The lowest BCUT2D eigenvalue weighted by Crippen LogP contribution is -2.37. The van der Waals surface area contributed by atoms with Crippen LogP contribution in [0.15, 0.2) is 18.3 Å². The Hall–Kier alpha value is -1.13. The van der Waals surface area contributed by atoms with Gasteiger partial charge in [0.15, 0.2) is 0 Å². The Morgan fingerprint density at radius 3 is 2.47 bits per heavy atom. The van der Waals surface area contributed by atoms with Crippen LogP contribution in [0.1, 0.15) is 26.3 Å². The second kappa shape index (κ2) is 3.18. The number of pyridine rings is 1. The lowest BCUT2D eigenvalue weighted by Gasteiger charge is -2.23. The third kappa shape index (κ3) is 1.96. The molecule has 2 rings (SSSR count). The molecule has 0 saturated carbocycles. The number of nitrogens with zero attached hydrogens (tertiary/aromatic N) is 1. The van der Waals surface area contributed by atoms with Crippen LogP contribution in [0.5, 0.6) is 0 Å². The fourth-order valence-corrected chi connectivity index (χ4v) is 1.29. The minimum absolute atomic E-state index is 0.140. The van der Waals surface area contributed by atoms with E-state index < -0.39 is 5.91 Å². The lowest BCUT2D eigenvalue weighted by atomic mass is 9.92. The van der Waals surface area contributed by atoms with Crippen molar-refractivity contribution in [1.82, 2.24) is 4.98 Å². The Bertz CT molecular complexity index is 367. The molecule has 15 heavy (non-hydrogen) atoms. The maximum absolute atomic E-state index is 5.05. The van der Waals surface area contributed by atoms with Crippen LogP contribution in [0.3, 0.4) is 0 Å². The number of hydrogen-bond acceptors (Lipinski definition) is 4. The summed E-state index contributed by atoms with van der Waals surface area (Å²) in [6.07, 6.45) is 1.76. The van der Waals surface area contributed by atoms with E-state index in [-0.39, 0.29) is 5.41 Å². The molecule has 0 aliphatic carbocycles. The molecular weight excluding hydrogens is 192 g/mol. The summed E-state index contributed by atoms with van der Waals surface area (Å²) < 4.78 is 0. The molecule has 0 spiro atoms. The normalized spacial score (nSPS) is 18.7. The van der Waals surface area contributed by atoms with Gasteiger partial charge in [-0.15, -0.1) is 0 Å². The highest BCUT2D eigenvalue weighted by Crippen LogP contribution is 2.45. The zero-order valence-electron chi connectivity index (χ0n) is 9.50. The van der Waals surface area contributed by atoms with Crippen molar-refractivity contribution in [2.75, 3.05) is 5.32 Å². The summed E-state index contributed by atoms with van der Waals surface area (Å²) in [5.41, 5.74) is 1.01. The van der Waals surface area contributed by atoms with Gasteiger partial charge >= 0.3 is 5.91 Å². The molecule has 1 aromatic heterocycles. The molecule has 1 aliphatic rings. The van der Waals surface area contributed by atoms with Gasteiger partial charge in [0, 0.05) is 11.6 Å². The highest BCUT2D eigenvalue weighted by atomic mass is 17.4. The number of aryl methyl sites for hydroxylation is 1. The molecular formula is C11H16N2O2. The number of hydrogen-bond donors (Lipinski definition) is 1. The molecule has 0 unspecified atom stereocenters. The maximum atomic E-state index is 5.05. The first-order valence-electron chi connectivity index (χ1n) is 5.01. The van der Waals surface area contributed by atoms with Gasteiger partial charge in [-0.3, -0.25) is 0 Å². The van der Waals surface area contributed by atoms with E-state index in [1.54, 1.807) is 6.20 Å². The van der Waals surface area contributed by atoms with Crippen molar-refractivity contribution < 1.29 is 9.78 Å². The van der Waals surface area contributed by atoms with Crippen molar-refractivity contribution in [2.45, 2.75) is 33.6 Å². The molecule has 1 aromatic rings. The first-order chi connectivity index (χ1) is 6.93. The monoisotopic (exact) mass is 208 g/mol. The molecule has 1 aliphatic heterocycles. The molecule has 4 heteroatoms. The highest BCUT2D eigenvalue weighted by Gasteiger charge is 2.59. The van der Waals surface area contributed by atoms with Crippen molar-refractivity contribution in [3.05, 3.63) is 23.9 Å². The summed E-state index contributed by atoms with van der Waals surface area (Å²) in [4.78, 5) is 14.3. The number of rotatable bonds is 2. The third-order valence-corrected chi connectivity index (χ3v) is 2.45. The molecule has 0 aromatic carbocycles. The van der Waals surface area contributed by atoms with Gasteiger partial charge in [-0.2, -0.15) is 9.78 Å². The second-order valence-electron chi connectivity index (χ2n) is 4.88. The zero-order valence-corrected chi connectivity index (χ0v) is 9.50. The summed E-state index contributed by atoms with van der Waals surface area (Å²) in [5.74, 6) is 0.0378. The molecule has 0 atom stereocenters. The average Bonchev–Trinajstić information content (AvgIpc) is 2.84. The molecule has 0 amide bonds. The van der Waals surface area contributed by atoms with E-state index in [0.29, 0.717) is 0 Å². The smallest absolute Gasteiger partial charge is 0.314 e. The van der Waals surface area contributed by atoms with Crippen LogP contribution in [0.4, 0.5) is 5.82 Å². The summed E-state index contributed by atoms with van der Waals surface area (Å²) in [7, 11) is 0. The summed E-state index contributed by atoms with van der Waals surface area (Å²) >= 11 is 0. The third-order valence-electron chi connectivity index (χ3n) is 2.45. The second-order valence-corrected chi connectivity index (χ2v) is 4.88. The van der Waals surface area contributed by atoms with E-state index in [1.165, 1.54) is 0 Å². The van der Waals surface area contributed by atoms with Crippen molar-refractivity contribution in [2.24, 2.45) is 5.41 Å². The van der Waals surface area contributed by atoms with Gasteiger partial charge in [-0.25, -0.2) is 4.98 Å². The van der Waals surface area contributed by atoms with E-state index in [1.807, 2.05) is 39.8 Å². The molecule has 4 nitrogen and oxygen atoms in total. The minimum atomic E-state index is -0.728. The average molecular weight is 208 g/mol. The lowest BCUT2D eigenvalue weighted by molar-refractivity contribution is 0.0850. The highest BCUT2D eigenvalue weighted by molar-refractivity contribution is 5.39. The van der Waals surface area contributed by atoms with Crippen LogP contribution < -0.4 is 5.32 Å². The van der Waals surface area contributed by atoms with Crippen molar-refractivity contribution >= 4 is 5.82 Å². The zero-order chi connectivity index (χ0) is 11.1. The molecule has 82 valence electrons. The predicted molar refractivity (Wildman–Crippen MR) is 57.0 cm³/mol. The van der Waals surface area contributed by atoms with Crippen LogP contribution in [-0.4, -0.2) is 10.9 Å². The van der Waals surface area contributed by atoms with Gasteiger partial charge in [0.2, 0.25) is 0 Å². The van der Waals surface area contributed by atoms with Gasteiger partial charge in [0.25, 0.3) is 0 Å². The van der Waals surface area contributed by atoms with Crippen LogP contribution in [0.25, 0.3) is 0 Å². The summed E-state index contributed by atoms with van der Waals surface area (Å²) in [6, 6.07) is 3.90. The quantitative estimate of drug-likeness (QED) is 0.599. The fourth-order valence-electron chi connectivity index (χ4n) is 1.29. The summed E-state index contributed by atoms with van der Waals surface area (Å²) in [6.45, 7) is 8.15. The molecule has 0 bridgehead atoms. The molecule has 2 heterocycles. The Balaban J connectivity index is 2.16. The number of anilines is 1. The Labute approximate surface area is 89.5 Å². The van der Waals surface area contributed by atoms with Crippen LogP contribution in [-0.2, 0) is 9.78 Å². The van der Waals surface area contributed by atoms with Gasteiger partial charge in [-0.1, -0.05) is 20.8 Å². The molecule has 1 fully saturated rings. The first-order valence-corrected chi connectivity index (χ1v) is 5.01. The Kier molecular flexibility index (Phi) is 2.20. The molecule has 0 radical (unpaired) electrons. The van der Waals surface area contributed by atoms with Gasteiger partial charge in [-0.05, 0) is 24.6 Å². The summed E-state index contributed by atoms with van der Waals surface area (Å²) in [5, 5.41) is 3.15. The van der Waals surface area contributed by atoms with Crippen LogP contribution in [0.2, 0.25) is 0 Å².